The average molecular weight is 278 g/mol. The third-order valence-corrected chi connectivity index (χ3v) is 2.60. The van der Waals surface area contributed by atoms with Gasteiger partial charge in [0.05, 0.1) is 25.0 Å². The molecule has 7 heteroatoms. The normalized spacial score (nSPS) is 10.9. The van der Waals surface area contributed by atoms with Crippen molar-refractivity contribution in [1.82, 2.24) is 9.78 Å². The molecule has 0 amide bonds. The van der Waals surface area contributed by atoms with E-state index in [0.29, 0.717) is 17.9 Å². The number of aromatic nitrogens is 2. The van der Waals surface area contributed by atoms with Crippen LogP contribution in [0.3, 0.4) is 0 Å². The largest absolute Gasteiger partial charge is 0.488 e. The van der Waals surface area contributed by atoms with E-state index in [2.05, 4.69) is 5.10 Å². The highest BCUT2D eigenvalue weighted by molar-refractivity contribution is 6.58. The Bertz CT molecular complexity index is 587. The van der Waals surface area contributed by atoms with Gasteiger partial charge in [-0.1, -0.05) is 6.07 Å². The molecule has 0 radical (unpaired) electrons. The molecule has 0 unspecified atom stereocenters. The van der Waals surface area contributed by atoms with Crippen molar-refractivity contribution in [3.8, 4) is 5.75 Å². The second-order valence-corrected chi connectivity index (χ2v) is 4.81. The molecule has 20 heavy (non-hydrogen) atoms. The van der Waals surface area contributed by atoms with Gasteiger partial charge in [0.1, 0.15) is 5.82 Å². The van der Waals surface area contributed by atoms with Gasteiger partial charge in [-0.2, -0.15) is 5.10 Å². The van der Waals surface area contributed by atoms with Crippen molar-refractivity contribution >= 4 is 12.6 Å². The second-order valence-electron chi connectivity index (χ2n) is 4.81. The van der Waals surface area contributed by atoms with Gasteiger partial charge in [-0.3, -0.25) is 4.68 Å². The Balaban J connectivity index is 2.15. The Hall–Kier alpha value is -1.86. The monoisotopic (exact) mass is 278 g/mol. The third-order valence-electron chi connectivity index (χ3n) is 2.60. The predicted octanol–water partition coefficient (Wildman–Crippen LogP) is 0.537. The summed E-state index contributed by atoms with van der Waals surface area (Å²) in [5.74, 6) is 0.121. The summed E-state index contributed by atoms with van der Waals surface area (Å²) in [6.07, 6.45) is 3.35. The molecule has 0 aliphatic carbocycles. The van der Waals surface area contributed by atoms with Crippen LogP contribution in [0.2, 0.25) is 0 Å². The number of ether oxygens (including phenoxy) is 1. The molecular formula is C13H16BFN2O3. The SMILES string of the molecule is CC(C)Oc1cnn(Cc2cc(F)cc(B(O)O)c2)c1. The summed E-state index contributed by atoms with van der Waals surface area (Å²) in [4.78, 5) is 0. The fraction of sp³-hybridized carbons (Fsp3) is 0.308. The third kappa shape index (κ3) is 3.82. The first-order chi connectivity index (χ1) is 9.44. The Morgan fingerprint density at radius 3 is 2.75 bits per heavy atom. The minimum Gasteiger partial charge on any atom is -0.488 e. The zero-order valence-electron chi connectivity index (χ0n) is 11.3. The summed E-state index contributed by atoms with van der Waals surface area (Å²) in [7, 11) is -1.69. The maximum atomic E-state index is 13.4. The molecule has 0 atom stereocenters. The molecule has 0 bridgehead atoms. The summed E-state index contributed by atoms with van der Waals surface area (Å²) in [5, 5.41) is 22.3. The topological polar surface area (TPSA) is 67.5 Å². The number of hydrogen-bond donors (Lipinski definition) is 2. The van der Waals surface area contributed by atoms with Gasteiger partial charge >= 0.3 is 7.12 Å². The Kier molecular flexibility index (Phi) is 4.41. The van der Waals surface area contributed by atoms with E-state index in [9.17, 15) is 4.39 Å². The standard InChI is InChI=1S/C13H16BFN2O3/c1-9(2)20-13-6-16-17(8-13)7-10-3-11(14(18)19)5-12(15)4-10/h3-6,8-9,18-19H,7H2,1-2H3. The van der Waals surface area contributed by atoms with Gasteiger partial charge in [-0.15, -0.1) is 0 Å². The second kappa shape index (κ2) is 6.07. The van der Waals surface area contributed by atoms with Gasteiger partial charge in [0.2, 0.25) is 0 Å². The van der Waals surface area contributed by atoms with Crippen molar-refractivity contribution in [3.05, 3.63) is 42.0 Å². The molecule has 106 valence electrons. The molecule has 0 fully saturated rings. The van der Waals surface area contributed by atoms with E-state index in [1.165, 1.54) is 12.1 Å². The van der Waals surface area contributed by atoms with Crippen LogP contribution >= 0.6 is 0 Å². The first-order valence-electron chi connectivity index (χ1n) is 6.28. The summed E-state index contributed by atoms with van der Waals surface area (Å²) in [6, 6.07) is 3.94. The van der Waals surface area contributed by atoms with Crippen LogP contribution in [0.5, 0.6) is 5.75 Å². The summed E-state index contributed by atoms with van der Waals surface area (Å²) < 4.78 is 20.5. The van der Waals surface area contributed by atoms with E-state index >= 15 is 0 Å². The predicted molar refractivity (Wildman–Crippen MR) is 73.3 cm³/mol. The van der Waals surface area contributed by atoms with Gasteiger partial charge in [0.15, 0.2) is 5.75 Å². The molecule has 0 aliphatic rings. The van der Waals surface area contributed by atoms with E-state index in [0.717, 1.165) is 6.07 Å². The first-order valence-corrected chi connectivity index (χ1v) is 6.28. The van der Waals surface area contributed by atoms with E-state index in [1.807, 2.05) is 13.8 Å². The molecule has 1 heterocycles. The van der Waals surface area contributed by atoms with Crippen LogP contribution in [-0.4, -0.2) is 33.1 Å². The van der Waals surface area contributed by atoms with Crippen LogP contribution in [0, 0.1) is 5.82 Å². The van der Waals surface area contributed by atoms with Gasteiger partial charge in [-0.05, 0) is 37.0 Å². The lowest BCUT2D eigenvalue weighted by atomic mass is 9.79. The van der Waals surface area contributed by atoms with E-state index < -0.39 is 12.9 Å². The van der Waals surface area contributed by atoms with Crippen molar-refractivity contribution < 1.29 is 19.2 Å². The quantitative estimate of drug-likeness (QED) is 0.783. The first kappa shape index (κ1) is 14.6. The maximum absolute atomic E-state index is 13.4. The number of hydrogen-bond acceptors (Lipinski definition) is 4. The highest BCUT2D eigenvalue weighted by atomic mass is 19.1. The van der Waals surface area contributed by atoms with Gasteiger partial charge < -0.3 is 14.8 Å². The smallest absolute Gasteiger partial charge is 0.488 e. The molecule has 5 nitrogen and oxygen atoms in total. The molecule has 2 N–H and O–H groups in total. The van der Waals surface area contributed by atoms with Crippen LogP contribution in [0.25, 0.3) is 0 Å². The van der Waals surface area contributed by atoms with E-state index in [-0.39, 0.29) is 11.6 Å². The lowest BCUT2D eigenvalue weighted by Gasteiger charge is -2.07. The Morgan fingerprint density at radius 1 is 1.35 bits per heavy atom. The maximum Gasteiger partial charge on any atom is 0.488 e. The minimum absolute atomic E-state index is 0.0537. The summed E-state index contributed by atoms with van der Waals surface area (Å²) in [6.45, 7) is 4.15. The van der Waals surface area contributed by atoms with Crippen molar-refractivity contribution in [2.24, 2.45) is 0 Å². The van der Waals surface area contributed by atoms with E-state index in [1.54, 1.807) is 17.1 Å². The van der Waals surface area contributed by atoms with Crippen molar-refractivity contribution in [2.45, 2.75) is 26.5 Å². The molecule has 2 rings (SSSR count). The van der Waals surface area contributed by atoms with E-state index in [4.69, 9.17) is 14.8 Å². The zero-order valence-corrected chi connectivity index (χ0v) is 11.3. The number of nitrogens with zero attached hydrogens (tertiary/aromatic N) is 2. The number of halogens is 1. The molecule has 0 saturated carbocycles. The van der Waals surface area contributed by atoms with Gasteiger partial charge in [0.25, 0.3) is 0 Å². The molecule has 1 aromatic heterocycles. The summed E-state index contributed by atoms with van der Waals surface area (Å²) in [5.41, 5.74) is 0.707. The van der Waals surface area contributed by atoms with Crippen LogP contribution in [0.1, 0.15) is 19.4 Å². The Labute approximate surface area is 116 Å². The molecular weight excluding hydrogens is 262 g/mol. The van der Waals surface area contributed by atoms with Crippen molar-refractivity contribution in [1.29, 1.82) is 0 Å². The fourth-order valence-corrected chi connectivity index (χ4v) is 1.87. The average Bonchev–Trinajstić information content (AvgIpc) is 2.74. The van der Waals surface area contributed by atoms with Crippen molar-refractivity contribution in [3.63, 3.8) is 0 Å². The lowest BCUT2D eigenvalue weighted by Crippen LogP contribution is -2.30. The molecule has 0 spiro atoms. The summed E-state index contributed by atoms with van der Waals surface area (Å²) >= 11 is 0. The zero-order chi connectivity index (χ0) is 14.7. The highest BCUT2D eigenvalue weighted by Gasteiger charge is 2.13. The Morgan fingerprint density at radius 2 is 2.10 bits per heavy atom. The fourth-order valence-electron chi connectivity index (χ4n) is 1.87. The van der Waals surface area contributed by atoms with Crippen LogP contribution in [0.4, 0.5) is 4.39 Å². The number of rotatable bonds is 5. The van der Waals surface area contributed by atoms with Gasteiger partial charge in [-0.25, -0.2) is 4.39 Å². The number of benzene rings is 1. The van der Waals surface area contributed by atoms with Crippen LogP contribution in [0.15, 0.2) is 30.6 Å². The van der Waals surface area contributed by atoms with Crippen LogP contribution < -0.4 is 10.2 Å². The highest BCUT2D eigenvalue weighted by Crippen LogP contribution is 2.12. The van der Waals surface area contributed by atoms with Crippen LogP contribution in [-0.2, 0) is 6.54 Å². The van der Waals surface area contributed by atoms with Crippen molar-refractivity contribution in [2.75, 3.05) is 0 Å². The minimum atomic E-state index is -1.69. The lowest BCUT2D eigenvalue weighted by molar-refractivity contribution is 0.242. The van der Waals surface area contributed by atoms with Gasteiger partial charge in [0, 0.05) is 0 Å². The molecule has 0 aliphatic heterocycles. The molecule has 0 saturated heterocycles. The molecule has 1 aromatic carbocycles. The molecule has 2 aromatic rings.